The van der Waals surface area contributed by atoms with Gasteiger partial charge in [0.25, 0.3) is 0 Å². The standard InChI is InChI=1S/C15H20BrNO3/c1-10-8-17(14(18)20-15(2,3)4)9-11-5-6-12(16)7-13(11)19-10/h5-7,10H,8-9H2,1-4H3. The predicted molar refractivity (Wildman–Crippen MR) is 80.9 cm³/mol. The molecule has 0 aromatic heterocycles. The van der Waals surface area contributed by atoms with Crippen LogP contribution in [-0.4, -0.2) is 29.2 Å². The molecule has 4 nitrogen and oxygen atoms in total. The first-order valence-corrected chi connectivity index (χ1v) is 7.47. The van der Waals surface area contributed by atoms with Gasteiger partial charge in [0, 0.05) is 10.0 Å². The number of halogens is 1. The van der Waals surface area contributed by atoms with E-state index in [-0.39, 0.29) is 12.2 Å². The van der Waals surface area contributed by atoms with E-state index in [0.717, 1.165) is 15.8 Å². The molecule has 1 heterocycles. The molecule has 0 fully saturated rings. The molecule has 1 aliphatic rings. The number of nitrogens with zero attached hydrogens (tertiary/aromatic N) is 1. The summed E-state index contributed by atoms with van der Waals surface area (Å²) in [5, 5.41) is 0. The smallest absolute Gasteiger partial charge is 0.410 e. The maximum Gasteiger partial charge on any atom is 0.410 e. The molecule has 0 spiro atoms. The molecule has 1 unspecified atom stereocenters. The Morgan fingerprint density at radius 3 is 2.80 bits per heavy atom. The number of benzene rings is 1. The Labute approximate surface area is 128 Å². The minimum absolute atomic E-state index is 0.0712. The lowest BCUT2D eigenvalue weighted by atomic mass is 10.2. The summed E-state index contributed by atoms with van der Waals surface area (Å²) in [4.78, 5) is 13.9. The molecule has 0 N–H and O–H groups in total. The molecule has 1 atom stereocenters. The Morgan fingerprint density at radius 1 is 1.45 bits per heavy atom. The van der Waals surface area contributed by atoms with Crippen molar-refractivity contribution in [3.8, 4) is 5.75 Å². The second-order valence-electron chi connectivity index (χ2n) is 6.04. The fourth-order valence-electron chi connectivity index (χ4n) is 2.07. The summed E-state index contributed by atoms with van der Waals surface area (Å²) in [7, 11) is 0. The first kappa shape index (κ1) is 15.2. The Bertz CT molecular complexity index is 510. The van der Waals surface area contributed by atoms with Crippen molar-refractivity contribution >= 4 is 22.0 Å². The summed E-state index contributed by atoms with van der Waals surface area (Å²) in [6.07, 6.45) is -0.373. The zero-order chi connectivity index (χ0) is 14.9. The van der Waals surface area contributed by atoms with Gasteiger partial charge >= 0.3 is 6.09 Å². The fraction of sp³-hybridized carbons (Fsp3) is 0.533. The summed E-state index contributed by atoms with van der Waals surface area (Å²) < 4.78 is 12.3. The summed E-state index contributed by atoms with van der Waals surface area (Å²) in [5.41, 5.74) is 0.499. The SMILES string of the molecule is CC1CN(C(=O)OC(C)(C)C)Cc2ccc(Br)cc2O1. The average molecular weight is 342 g/mol. The highest BCUT2D eigenvalue weighted by Crippen LogP contribution is 2.29. The molecular formula is C15H20BrNO3. The third kappa shape index (κ3) is 3.88. The summed E-state index contributed by atoms with van der Waals surface area (Å²) in [6.45, 7) is 8.57. The van der Waals surface area contributed by atoms with Gasteiger partial charge in [-0.25, -0.2) is 4.79 Å². The highest BCUT2D eigenvalue weighted by molar-refractivity contribution is 9.10. The van der Waals surface area contributed by atoms with Crippen molar-refractivity contribution in [1.82, 2.24) is 4.90 Å². The number of ether oxygens (including phenoxy) is 2. The lowest BCUT2D eigenvalue weighted by Gasteiger charge is -2.27. The molecule has 0 bridgehead atoms. The zero-order valence-electron chi connectivity index (χ0n) is 12.3. The van der Waals surface area contributed by atoms with E-state index in [1.165, 1.54) is 0 Å². The van der Waals surface area contributed by atoms with Gasteiger partial charge in [-0.2, -0.15) is 0 Å². The van der Waals surface area contributed by atoms with Crippen molar-refractivity contribution < 1.29 is 14.3 Å². The third-order valence-electron chi connectivity index (χ3n) is 2.85. The van der Waals surface area contributed by atoms with Crippen molar-refractivity contribution in [3.05, 3.63) is 28.2 Å². The minimum atomic E-state index is -0.490. The van der Waals surface area contributed by atoms with E-state index in [0.29, 0.717) is 13.1 Å². The molecular weight excluding hydrogens is 322 g/mol. The largest absolute Gasteiger partial charge is 0.488 e. The Kier molecular flexibility index (Phi) is 4.28. The van der Waals surface area contributed by atoms with E-state index in [1.54, 1.807) is 4.90 Å². The second-order valence-corrected chi connectivity index (χ2v) is 6.96. The van der Waals surface area contributed by atoms with Gasteiger partial charge in [-0.15, -0.1) is 0 Å². The summed E-state index contributed by atoms with van der Waals surface area (Å²) >= 11 is 3.43. The number of hydrogen-bond donors (Lipinski definition) is 0. The molecule has 1 aromatic carbocycles. The van der Waals surface area contributed by atoms with Crippen LogP contribution in [0.4, 0.5) is 4.79 Å². The van der Waals surface area contributed by atoms with Crippen molar-refractivity contribution in [2.75, 3.05) is 6.54 Å². The average Bonchev–Trinajstić information content (AvgIpc) is 2.44. The lowest BCUT2D eigenvalue weighted by molar-refractivity contribution is 0.0188. The van der Waals surface area contributed by atoms with Crippen LogP contribution < -0.4 is 4.74 Å². The number of hydrogen-bond acceptors (Lipinski definition) is 3. The normalized spacial score (nSPS) is 18.9. The first-order chi connectivity index (χ1) is 9.24. The van der Waals surface area contributed by atoms with Crippen LogP contribution in [0.2, 0.25) is 0 Å². The van der Waals surface area contributed by atoms with Crippen molar-refractivity contribution in [2.45, 2.75) is 45.9 Å². The summed E-state index contributed by atoms with van der Waals surface area (Å²) in [5.74, 6) is 0.818. The second kappa shape index (κ2) is 5.64. The van der Waals surface area contributed by atoms with Gasteiger partial charge in [-0.3, -0.25) is 0 Å². The van der Waals surface area contributed by atoms with Crippen LogP contribution in [0.5, 0.6) is 5.75 Å². The zero-order valence-corrected chi connectivity index (χ0v) is 13.9. The molecule has 0 saturated carbocycles. The van der Waals surface area contributed by atoms with E-state index >= 15 is 0 Å². The molecule has 0 aliphatic carbocycles. The summed E-state index contributed by atoms with van der Waals surface area (Å²) in [6, 6.07) is 5.85. The van der Waals surface area contributed by atoms with E-state index in [1.807, 2.05) is 45.9 Å². The Balaban J connectivity index is 2.21. The van der Waals surface area contributed by atoms with Crippen molar-refractivity contribution in [3.63, 3.8) is 0 Å². The number of amides is 1. The number of carbonyl (C=O) groups is 1. The van der Waals surface area contributed by atoms with Gasteiger partial charge in [-0.05, 0) is 39.8 Å². The van der Waals surface area contributed by atoms with Gasteiger partial charge < -0.3 is 14.4 Å². The van der Waals surface area contributed by atoms with Gasteiger partial charge in [-0.1, -0.05) is 22.0 Å². The highest BCUT2D eigenvalue weighted by Gasteiger charge is 2.27. The van der Waals surface area contributed by atoms with Crippen molar-refractivity contribution in [2.24, 2.45) is 0 Å². The molecule has 1 aliphatic heterocycles. The molecule has 1 amide bonds. The Hall–Kier alpha value is -1.23. The fourth-order valence-corrected chi connectivity index (χ4v) is 2.41. The molecule has 0 radical (unpaired) electrons. The maximum atomic E-state index is 12.2. The van der Waals surface area contributed by atoms with Crippen LogP contribution in [0.25, 0.3) is 0 Å². The van der Waals surface area contributed by atoms with E-state index in [9.17, 15) is 4.79 Å². The third-order valence-corrected chi connectivity index (χ3v) is 3.34. The van der Waals surface area contributed by atoms with Crippen LogP contribution in [0.1, 0.15) is 33.3 Å². The maximum absolute atomic E-state index is 12.2. The highest BCUT2D eigenvalue weighted by atomic mass is 79.9. The molecule has 20 heavy (non-hydrogen) atoms. The number of carbonyl (C=O) groups excluding carboxylic acids is 1. The number of fused-ring (bicyclic) bond motifs is 1. The quantitative estimate of drug-likeness (QED) is 0.716. The van der Waals surface area contributed by atoms with Crippen LogP contribution in [0.15, 0.2) is 22.7 Å². The van der Waals surface area contributed by atoms with E-state index in [2.05, 4.69) is 15.9 Å². The number of rotatable bonds is 0. The van der Waals surface area contributed by atoms with Crippen LogP contribution in [0, 0.1) is 0 Å². The molecule has 0 saturated heterocycles. The van der Waals surface area contributed by atoms with Gasteiger partial charge in [0.1, 0.15) is 17.5 Å². The topological polar surface area (TPSA) is 38.8 Å². The van der Waals surface area contributed by atoms with Gasteiger partial charge in [0.15, 0.2) is 0 Å². The lowest BCUT2D eigenvalue weighted by Crippen LogP contribution is -2.39. The van der Waals surface area contributed by atoms with E-state index in [4.69, 9.17) is 9.47 Å². The van der Waals surface area contributed by atoms with Crippen LogP contribution in [0.3, 0.4) is 0 Å². The molecule has 2 rings (SSSR count). The van der Waals surface area contributed by atoms with Gasteiger partial charge in [0.2, 0.25) is 0 Å². The van der Waals surface area contributed by atoms with Crippen LogP contribution >= 0.6 is 15.9 Å². The monoisotopic (exact) mass is 341 g/mol. The molecule has 5 heteroatoms. The van der Waals surface area contributed by atoms with Crippen molar-refractivity contribution in [1.29, 1.82) is 0 Å². The molecule has 110 valence electrons. The minimum Gasteiger partial charge on any atom is -0.488 e. The first-order valence-electron chi connectivity index (χ1n) is 6.67. The predicted octanol–water partition coefficient (Wildman–Crippen LogP) is 3.97. The van der Waals surface area contributed by atoms with Crippen LogP contribution in [-0.2, 0) is 11.3 Å². The Morgan fingerprint density at radius 2 is 2.15 bits per heavy atom. The molecule has 1 aromatic rings. The van der Waals surface area contributed by atoms with E-state index < -0.39 is 5.60 Å². The van der Waals surface area contributed by atoms with Gasteiger partial charge in [0.05, 0.1) is 13.1 Å².